The van der Waals surface area contributed by atoms with Gasteiger partial charge >= 0.3 is 5.97 Å². The predicted octanol–water partition coefficient (Wildman–Crippen LogP) is 3.94. The van der Waals surface area contributed by atoms with Crippen molar-refractivity contribution in [3.05, 3.63) is 47.0 Å². The van der Waals surface area contributed by atoms with Crippen LogP contribution in [0.1, 0.15) is 31.1 Å². The summed E-state index contributed by atoms with van der Waals surface area (Å²) in [5, 5.41) is 0.477. The summed E-state index contributed by atoms with van der Waals surface area (Å²) in [5.41, 5.74) is 6.85. The molecule has 0 fully saturated rings. The van der Waals surface area contributed by atoms with Crippen LogP contribution in [0.2, 0.25) is 5.02 Å². The van der Waals surface area contributed by atoms with Gasteiger partial charge in [-0.3, -0.25) is 0 Å². The maximum absolute atomic E-state index is 12.1. The number of nitrogens with zero attached hydrogens (tertiary/aromatic N) is 1. The second-order valence-electron chi connectivity index (χ2n) is 5.65. The van der Waals surface area contributed by atoms with Crippen molar-refractivity contribution < 1.29 is 9.53 Å². The number of aromatic nitrogens is 1. The van der Waals surface area contributed by atoms with E-state index in [2.05, 4.69) is 4.98 Å². The topological polar surface area (TPSA) is 65.2 Å². The van der Waals surface area contributed by atoms with Crippen LogP contribution >= 0.6 is 11.6 Å². The minimum absolute atomic E-state index is 0.372. The molecule has 0 amide bonds. The Morgan fingerprint density at radius 2 is 1.95 bits per heavy atom. The molecular formula is C16H17ClN2O2. The Balaban J connectivity index is 2.38. The summed E-state index contributed by atoms with van der Waals surface area (Å²) in [6.07, 6.45) is 0. The summed E-state index contributed by atoms with van der Waals surface area (Å²) < 4.78 is 5.35. The highest BCUT2D eigenvalue weighted by atomic mass is 35.5. The van der Waals surface area contributed by atoms with E-state index < -0.39 is 5.60 Å². The summed E-state index contributed by atoms with van der Waals surface area (Å²) in [5.74, 6) is -0.0125. The van der Waals surface area contributed by atoms with E-state index in [9.17, 15) is 4.79 Å². The van der Waals surface area contributed by atoms with Gasteiger partial charge in [-0.05, 0) is 45.0 Å². The van der Waals surface area contributed by atoms with Crippen molar-refractivity contribution in [1.29, 1.82) is 0 Å². The Morgan fingerprint density at radius 1 is 1.24 bits per heavy atom. The highest BCUT2D eigenvalue weighted by Crippen LogP contribution is 2.27. The molecule has 2 aromatic rings. The van der Waals surface area contributed by atoms with Crippen molar-refractivity contribution >= 4 is 23.4 Å². The third-order valence-corrected chi connectivity index (χ3v) is 2.94. The second kappa shape index (κ2) is 5.74. The summed E-state index contributed by atoms with van der Waals surface area (Å²) in [6, 6.07) is 10.3. The van der Waals surface area contributed by atoms with Crippen molar-refractivity contribution in [2.75, 3.05) is 5.73 Å². The lowest BCUT2D eigenvalue weighted by molar-refractivity contribution is 0.00696. The first kappa shape index (κ1) is 15.3. The van der Waals surface area contributed by atoms with E-state index in [1.165, 1.54) is 0 Å². The number of nitrogen functional groups attached to an aromatic ring is 1. The third kappa shape index (κ3) is 3.95. The van der Waals surface area contributed by atoms with Crippen LogP contribution < -0.4 is 5.73 Å². The minimum atomic E-state index is -0.542. The molecule has 0 saturated carbocycles. The van der Waals surface area contributed by atoms with Crippen molar-refractivity contribution in [2.24, 2.45) is 0 Å². The molecule has 2 rings (SSSR count). The van der Waals surface area contributed by atoms with Crippen molar-refractivity contribution in [3.8, 4) is 11.3 Å². The lowest BCUT2D eigenvalue weighted by Gasteiger charge is -2.19. The number of hydrogen-bond donors (Lipinski definition) is 1. The third-order valence-electron chi connectivity index (χ3n) is 2.64. The highest BCUT2D eigenvalue weighted by molar-refractivity contribution is 6.33. The van der Waals surface area contributed by atoms with Crippen molar-refractivity contribution in [2.45, 2.75) is 26.4 Å². The summed E-state index contributed by atoms with van der Waals surface area (Å²) in [7, 11) is 0. The van der Waals surface area contributed by atoms with Gasteiger partial charge in [0.2, 0.25) is 0 Å². The van der Waals surface area contributed by atoms with Gasteiger partial charge in [0, 0.05) is 5.56 Å². The highest BCUT2D eigenvalue weighted by Gasteiger charge is 2.18. The molecule has 5 heteroatoms. The average Bonchev–Trinajstić information content (AvgIpc) is 2.40. The summed E-state index contributed by atoms with van der Waals surface area (Å²) in [6.45, 7) is 5.47. The smallest absolute Gasteiger partial charge is 0.338 e. The fourth-order valence-electron chi connectivity index (χ4n) is 1.79. The van der Waals surface area contributed by atoms with Gasteiger partial charge in [-0.25, -0.2) is 9.78 Å². The van der Waals surface area contributed by atoms with Crippen LogP contribution in [0.4, 0.5) is 5.82 Å². The molecule has 1 aromatic carbocycles. The van der Waals surface area contributed by atoms with E-state index in [0.29, 0.717) is 22.1 Å². The minimum Gasteiger partial charge on any atom is -0.456 e. The number of ether oxygens (including phenoxy) is 1. The Morgan fingerprint density at radius 3 is 2.62 bits per heavy atom. The average molecular weight is 305 g/mol. The summed E-state index contributed by atoms with van der Waals surface area (Å²) >= 11 is 6.13. The van der Waals surface area contributed by atoms with E-state index in [1.807, 2.05) is 26.8 Å². The van der Waals surface area contributed by atoms with Crippen LogP contribution in [-0.4, -0.2) is 16.6 Å². The molecule has 0 bridgehead atoms. The lowest BCUT2D eigenvalue weighted by Crippen LogP contribution is -2.23. The zero-order valence-electron chi connectivity index (χ0n) is 12.2. The summed E-state index contributed by atoms with van der Waals surface area (Å²) in [4.78, 5) is 16.3. The fourth-order valence-corrected chi connectivity index (χ4v) is 2.00. The number of benzene rings is 1. The van der Waals surface area contributed by atoms with E-state index in [-0.39, 0.29) is 5.97 Å². The molecule has 1 heterocycles. The zero-order valence-corrected chi connectivity index (χ0v) is 12.9. The largest absolute Gasteiger partial charge is 0.456 e. The number of esters is 1. The van der Waals surface area contributed by atoms with Gasteiger partial charge in [-0.15, -0.1) is 0 Å². The number of rotatable bonds is 2. The van der Waals surface area contributed by atoms with Gasteiger partial charge in [-0.1, -0.05) is 23.7 Å². The Bertz CT molecular complexity index is 678. The number of carbonyl (C=O) groups excluding carboxylic acids is 1. The van der Waals surface area contributed by atoms with Gasteiger partial charge in [0.25, 0.3) is 0 Å². The van der Waals surface area contributed by atoms with Crippen molar-refractivity contribution in [1.82, 2.24) is 4.98 Å². The Labute approximate surface area is 128 Å². The van der Waals surface area contributed by atoms with E-state index in [4.69, 9.17) is 22.1 Å². The fraction of sp³-hybridized carbons (Fsp3) is 0.250. The van der Waals surface area contributed by atoms with E-state index >= 15 is 0 Å². The first-order valence-electron chi connectivity index (χ1n) is 6.52. The second-order valence-corrected chi connectivity index (χ2v) is 6.06. The Kier molecular flexibility index (Phi) is 4.19. The van der Waals surface area contributed by atoms with Gasteiger partial charge in [0.05, 0.1) is 16.3 Å². The predicted molar refractivity (Wildman–Crippen MR) is 84.3 cm³/mol. The van der Waals surface area contributed by atoms with Gasteiger partial charge in [-0.2, -0.15) is 0 Å². The van der Waals surface area contributed by atoms with Crippen LogP contribution in [0.25, 0.3) is 11.3 Å². The quantitative estimate of drug-likeness (QED) is 0.853. The number of nitrogens with two attached hydrogens (primary N) is 1. The zero-order chi connectivity index (χ0) is 15.6. The number of anilines is 1. The van der Waals surface area contributed by atoms with Crippen LogP contribution in [0.5, 0.6) is 0 Å². The molecule has 0 aliphatic carbocycles. The SMILES string of the molecule is CC(C)(C)OC(=O)c1cccc(-c2nc(N)ccc2Cl)c1. The molecule has 1 aromatic heterocycles. The molecule has 0 aliphatic heterocycles. The molecule has 0 radical (unpaired) electrons. The number of hydrogen-bond acceptors (Lipinski definition) is 4. The Hall–Kier alpha value is -2.07. The number of carbonyl (C=O) groups is 1. The normalized spacial score (nSPS) is 11.2. The van der Waals surface area contributed by atoms with Crippen LogP contribution in [-0.2, 0) is 4.74 Å². The van der Waals surface area contributed by atoms with Crippen LogP contribution in [0.3, 0.4) is 0 Å². The first-order valence-corrected chi connectivity index (χ1v) is 6.90. The van der Waals surface area contributed by atoms with Gasteiger partial charge in [0.1, 0.15) is 11.4 Å². The number of halogens is 1. The van der Waals surface area contributed by atoms with Crippen LogP contribution in [0.15, 0.2) is 36.4 Å². The monoisotopic (exact) mass is 304 g/mol. The molecule has 0 atom stereocenters. The molecule has 21 heavy (non-hydrogen) atoms. The molecule has 0 aliphatic rings. The standard InChI is InChI=1S/C16H17ClN2O2/c1-16(2,3)21-15(20)11-6-4-5-10(9-11)14-12(17)7-8-13(18)19-14/h4-9H,1-3H3,(H2,18,19). The van der Waals surface area contributed by atoms with Crippen LogP contribution in [0, 0.1) is 0 Å². The molecule has 0 spiro atoms. The van der Waals surface area contributed by atoms with E-state index in [0.717, 1.165) is 5.56 Å². The molecule has 110 valence electrons. The first-order chi connectivity index (χ1) is 9.76. The molecule has 2 N–H and O–H groups in total. The molecular weight excluding hydrogens is 288 g/mol. The maximum atomic E-state index is 12.1. The molecule has 0 unspecified atom stereocenters. The van der Waals surface area contributed by atoms with Gasteiger partial charge in [0.15, 0.2) is 0 Å². The van der Waals surface area contributed by atoms with Gasteiger partial charge < -0.3 is 10.5 Å². The lowest BCUT2D eigenvalue weighted by atomic mass is 10.1. The maximum Gasteiger partial charge on any atom is 0.338 e. The molecule has 4 nitrogen and oxygen atoms in total. The van der Waals surface area contributed by atoms with E-state index in [1.54, 1.807) is 30.3 Å². The number of pyridine rings is 1. The molecule has 0 saturated heterocycles. The van der Waals surface area contributed by atoms with Crippen molar-refractivity contribution in [3.63, 3.8) is 0 Å².